The summed E-state index contributed by atoms with van der Waals surface area (Å²) >= 11 is 0. The van der Waals surface area contributed by atoms with Crippen molar-refractivity contribution >= 4 is 23.5 Å². The van der Waals surface area contributed by atoms with E-state index in [2.05, 4.69) is 36.2 Å². The number of nitrogens with one attached hydrogen (secondary N) is 1. The fraction of sp³-hybridized carbons (Fsp3) is 0.578. The summed E-state index contributed by atoms with van der Waals surface area (Å²) in [4.78, 5) is 45.4. The minimum atomic E-state index is -1.57. The number of carbonyl (C=O) groups is 3. The number of phenols is 1. The maximum Gasteiger partial charge on any atom is 0.246 e. The number of rotatable bonds is 12. The van der Waals surface area contributed by atoms with Gasteiger partial charge in [0, 0.05) is 54.6 Å². The molecule has 4 aliphatic heterocycles. The van der Waals surface area contributed by atoms with E-state index in [9.17, 15) is 19.5 Å². The first-order valence-corrected chi connectivity index (χ1v) is 20.1. The van der Waals surface area contributed by atoms with Crippen LogP contribution in [0.25, 0.3) is 6.08 Å². The molecule has 10 heteroatoms. The lowest BCUT2D eigenvalue weighted by Crippen LogP contribution is -2.72. The molecule has 296 valence electrons. The third kappa shape index (κ3) is 6.61. The van der Waals surface area contributed by atoms with E-state index in [1.807, 2.05) is 46.8 Å². The largest absolute Gasteiger partial charge is 0.506 e. The highest BCUT2D eigenvalue weighted by Crippen LogP contribution is 2.68. The van der Waals surface area contributed by atoms with E-state index in [0.717, 1.165) is 51.3 Å². The molecule has 5 unspecified atom stereocenters. The number of allylic oxidation sites excluding steroid dienone is 5. The van der Waals surface area contributed by atoms with Gasteiger partial charge in [0.25, 0.3) is 0 Å². The van der Waals surface area contributed by atoms with Gasteiger partial charge in [-0.1, -0.05) is 35.5 Å². The van der Waals surface area contributed by atoms with E-state index in [1.54, 1.807) is 19.1 Å². The Morgan fingerprint density at radius 2 is 1.73 bits per heavy atom. The van der Waals surface area contributed by atoms with Crippen molar-refractivity contribution in [3.63, 3.8) is 0 Å². The predicted molar refractivity (Wildman–Crippen MR) is 212 cm³/mol. The van der Waals surface area contributed by atoms with Crippen LogP contribution >= 0.6 is 0 Å². The number of ether oxygens (including phenoxy) is 4. The quantitative estimate of drug-likeness (QED) is 0.132. The first kappa shape index (κ1) is 39.3. The number of fused-ring (bicyclic) bond motifs is 2. The van der Waals surface area contributed by atoms with Gasteiger partial charge in [-0.05, 0) is 106 Å². The second-order valence-electron chi connectivity index (χ2n) is 17.5. The number of hydrogen-bond acceptors (Lipinski definition) is 9. The highest BCUT2D eigenvalue weighted by atomic mass is 16.6. The Hall–Kier alpha value is -3.99. The second-order valence-corrected chi connectivity index (χ2v) is 17.5. The molecule has 1 aromatic carbocycles. The molecular weight excluding hydrogens is 697 g/mol. The maximum absolute atomic E-state index is 15.0. The fourth-order valence-electron chi connectivity index (χ4n) is 9.65. The Kier molecular flexibility index (Phi) is 10.4. The lowest BCUT2D eigenvalue weighted by molar-refractivity contribution is -0.171. The molecule has 1 amide bonds. The van der Waals surface area contributed by atoms with Crippen molar-refractivity contribution in [2.45, 2.75) is 116 Å². The van der Waals surface area contributed by atoms with Crippen LogP contribution in [0.5, 0.6) is 17.2 Å². The molecule has 1 spiro atoms. The van der Waals surface area contributed by atoms with Gasteiger partial charge in [0.05, 0.1) is 24.4 Å². The molecule has 5 atom stereocenters. The van der Waals surface area contributed by atoms with Crippen molar-refractivity contribution in [2.24, 2.45) is 11.8 Å². The van der Waals surface area contributed by atoms with Gasteiger partial charge in [-0.3, -0.25) is 19.3 Å². The summed E-state index contributed by atoms with van der Waals surface area (Å²) in [7, 11) is 0. The molecule has 0 radical (unpaired) electrons. The molecule has 8 rings (SSSR count). The normalized spacial score (nSPS) is 30.0. The molecule has 7 aliphatic rings. The van der Waals surface area contributed by atoms with Crippen molar-refractivity contribution in [1.29, 1.82) is 0 Å². The van der Waals surface area contributed by atoms with Crippen LogP contribution in [0.2, 0.25) is 0 Å². The third-order valence-electron chi connectivity index (χ3n) is 12.5. The average Bonchev–Trinajstić information content (AvgIpc) is 3.29. The van der Waals surface area contributed by atoms with Crippen molar-refractivity contribution in [2.75, 3.05) is 39.4 Å². The zero-order chi connectivity index (χ0) is 39.5. The SMILES string of the molecule is CC(C)=CCCC1(C)C=Cc2c(O)c3c(c(CC=C(C)C)c2O1)OC12C(=CC4CC1C(C)(C)OC2(CC=C(C)C(=O)NCCCN1CCOCC1)C4=O)C3=O. The zero-order valence-electron chi connectivity index (χ0n) is 33.9. The van der Waals surface area contributed by atoms with E-state index in [0.29, 0.717) is 53.8 Å². The molecule has 2 saturated heterocycles. The Balaban J connectivity index is 1.27. The lowest BCUT2D eigenvalue weighted by atomic mass is 9.51. The minimum Gasteiger partial charge on any atom is -0.506 e. The molecule has 1 aromatic rings. The summed E-state index contributed by atoms with van der Waals surface area (Å²) in [6, 6.07) is 0. The van der Waals surface area contributed by atoms with Gasteiger partial charge in [0.15, 0.2) is 22.8 Å². The van der Waals surface area contributed by atoms with E-state index < -0.39 is 28.3 Å². The molecule has 2 N–H and O–H groups in total. The topological polar surface area (TPSA) is 124 Å². The zero-order valence-corrected chi connectivity index (χ0v) is 33.9. The highest BCUT2D eigenvalue weighted by molar-refractivity contribution is 6.19. The summed E-state index contributed by atoms with van der Waals surface area (Å²) in [5, 5.41) is 15.0. The third-order valence-corrected chi connectivity index (χ3v) is 12.5. The van der Waals surface area contributed by atoms with Gasteiger partial charge in [0.1, 0.15) is 28.4 Å². The van der Waals surface area contributed by atoms with Gasteiger partial charge in [-0.2, -0.15) is 0 Å². The molecule has 3 aliphatic carbocycles. The molecule has 4 heterocycles. The van der Waals surface area contributed by atoms with E-state index in [1.165, 1.54) is 5.57 Å². The molecule has 3 fully saturated rings. The van der Waals surface area contributed by atoms with Crippen LogP contribution in [0, 0.1) is 11.8 Å². The van der Waals surface area contributed by atoms with Crippen LogP contribution < -0.4 is 14.8 Å². The average molecular weight is 755 g/mol. The van der Waals surface area contributed by atoms with Crippen LogP contribution in [-0.2, 0) is 25.5 Å². The Morgan fingerprint density at radius 1 is 1.00 bits per heavy atom. The van der Waals surface area contributed by atoms with Crippen LogP contribution in [0.4, 0.5) is 0 Å². The van der Waals surface area contributed by atoms with Crippen LogP contribution in [-0.4, -0.2) is 89.3 Å². The summed E-state index contributed by atoms with van der Waals surface area (Å²) in [5.41, 5.74) is -0.258. The number of carbonyl (C=O) groups excluding carboxylic acids is 3. The number of benzene rings is 1. The number of aromatic hydroxyl groups is 1. The lowest BCUT2D eigenvalue weighted by Gasteiger charge is -2.56. The standard InChI is InChI=1S/C45H58N2O8/c1-27(2)11-9-16-43(8)17-15-31-36(48)35-37(49)33-25-30-26-34-42(6,7)55-44(40(30)50,45(33,34)54-39(35)32(38(31)53-43)13-12-28(3)4)18-14-29(5)41(51)46-19-10-20-47-21-23-52-24-22-47/h11-12,14-15,17,25,30,34,48H,9-10,13,16,18-24,26H2,1-8H3,(H,46,51). The number of ketones is 2. The van der Waals surface area contributed by atoms with Crippen LogP contribution in [0.3, 0.4) is 0 Å². The Bertz CT molecular complexity index is 1940. The Labute approximate surface area is 325 Å². The minimum absolute atomic E-state index is 0.0527. The van der Waals surface area contributed by atoms with Gasteiger partial charge in [-0.15, -0.1) is 0 Å². The number of Topliss-reactive ketones (excluding diaryl/α,β-unsaturated/α-hetero) is 2. The first-order valence-electron chi connectivity index (χ1n) is 20.1. The number of nitrogens with zero attached hydrogens (tertiary/aromatic N) is 1. The van der Waals surface area contributed by atoms with Crippen LogP contribution in [0.15, 0.2) is 52.7 Å². The molecular formula is C45H58N2O8. The number of amides is 1. The first-order chi connectivity index (χ1) is 26.0. The van der Waals surface area contributed by atoms with Gasteiger partial charge in [-0.25, -0.2) is 0 Å². The molecule has 55 heavy (non-hydrogen) atoms. The number of morpholine rings is 1. The van der Waals surface area contributed by atoms with E-state index in [4.69, 9.17) is 18.9 Å². The van der Waals surface area contributed by atoms with Crippen molar-refractivity contribution < 1.29 is 38.4 Å². The van der Waals surface area contributed by atoms with Gasteiger partial charge in [0.2, 0.25) is 5.91 Å². The van der Waals surface area contributed by atoms with Crippen LogP contribution in [0.1, 0.15) is 109 Å². The van der Waals surface area contributed by atoms with E-state index >= 15 is 0 Å². The molecule has 1 saturated carbocycles. The van der Waals surface area contributed by atoms with Crippen molar-refractivity contribution in [3.8, 4) is 17.2 Å². The highest BCUT2D eigenvalue weighted by Gasteiger charge is 2.81. The van der Waals surface area contributed by atoms with Gasteiger partial charge < -0.3 is 29.4 Å². The Morgan fingerprint density at radius 3 is 2.44 bits per heavy atom. The van der Waals surface area contributed by atoms with Gasteiger partial charge >= 0.3 is 0 Å². The number of phenolic OH excluding ortho intramolecular Hbond substituents is 1. The summed E-state index contributed by atoms with van der Waals surface area (Å²) < 4.78 is 26.5. The smallest absolute Gasteiger partial charge is 0.246 e. The summed E-state index contributed by atoms with van der Waals surface area (Å²) in [5.74, 6) is -1.11. The maximum atomic E-state index is 15.0. The summed E-state index contributed by atoms with van der Waals surface area (Å²) in [6.45, 7) is 20.5. The molecule has 4 bridgehead atoms. The van der Waals surface area contributed by atoms with Crippen molar-refractivity contribution in [3.05, 3.63) is 69.4 Å². The summed E-state index contributed by atoms with van der Waals surface area (Å²) in [6.07, 6.45) is 14.8. The monoisotopic (exact) mass is 754 g/mol. The molecule has 0 aromatic heterocycles. The fourth-order valence-corrected chi connectivity index (χ4v) is 9.65. The second kappa shape index (κ2) is 14.5. The molecule has 10 nitrogen and oxygen atoms in total. The van der Waals surface area contributed by atoms with Crippen molar-refractivity contribution in [1.82, 2.24) is 10.2 Å². The number of hydrogen-bond donors (Lipinski definition) is 2. The van der Waals surface area contributed by atoms with E-state index in [-0.39, 0.29) is 46.9 Å². The predicted octanol–water partition coefficient (Wildman–Crippen LogP) is 6.99.